The molecular weight excluding hydrogens is 330 g/mol. The molecule has 0 saturated carbocycles. The van der Waals surface area contributed by atoms with Crippen molar-refractivity contribution in [1.82, 2.24) is 4.90 Å². The number of unbranched alkanes of at least 4 members (excludes halogenated alkanes) is 1. The maximum atomic E-state index is 8.75. The van der Waals surface area contributed by atoms with Gasteiger partial charge in [-0.3, -0.25) is 0 Å². The third-order valence-electron chi connectivity index (χ3n) is 3.73. The number of nitrogens with two attached hydrogens (primary N) is 1. The molecule has 0 unspecified atom stereocenters. The number of rotatable bonds is 8. The van der Waals surface area contributed by atoms with Gasteiger partial charge in [-0.2, -0.15) is 0 Å². The lowest BCUT2D eigenvalue weighted by molar-refractivity contribution is 0.295. The van der Waals surface area contributed by atoms with Gasteiger partial charge in [-0.05, 0) is 44.1 Å². The molecule has 118 valence electrons. The highest BCUT2D eigenvalue weighted by atomic mass is 79.9. The summed E-state index contributed by atoms with van der Waals surface area (Å²) in [6, 6.07) is 8.40. The second-order valence-corrected chi connectivity index (χ2v) is 7.11. The SMILES string of the molecule is CN(CCCCC(C)(C)/C(N)=N/O)Cc1cccc(Br)c1. The number of nitrogens with zero attached hydrogens (tertiary/aromatic N) is 2. The van der Waals surface area contributed by atoms with Gasteiger partial charge in [0.15, 0.2) is 0 Å². The summed E-state index contributed by atoms with van der Waals surface area (Å²) in [4.78, 5) is 2.32. The highest BCUT2D eigenvalue weighted by Gasteiger charge is 2.22. The monoisotopic (exact) mass is 355 g/mol. The molecule has 0 radical (unpaired) electrons. The minimum Gasteiger partial charge on any atom is -0.409 e. The summed E-state index contributed by atoms with van der Waals surface area (Å²) in [5, 5.41) is 11.9. The molecule has 1 rings (SSSR count). The van der Waals surface area contributed by atoms with Crippen LogP contribution in [0, 0.1) is 5.41 Å². The first-order valence-electron chi connectivity index (χ1n) is 7.26. The standard InChI is InChI=1S/C16H26BrN3O/c1-16(2,15(18)19-21)9-4-5-10-20(3)12-13-7-6-8-14(17)11-13/h6-8,11,21H,4-5,9-10,12H2,1-3H3,(H2,18,19). The molecule has 0 aromatic heterocycles. The van der Waals surface area contributed by atoms with Crippen molar-refractivity contribution in [3.05, 3.63) is 34.3 Å². The number of benzene rings is 1. The van der Waals surface area contributed by atoms with Crippen molar-refractivity contribution >= 4 is 21.8 Å². The molecule has 0 heterocycles. The molecule has 5 heteroatoms. The normalized spacial score (nSPS) is 12.9. The van der Waals surface area contributed by atoms with Crippen LogP contribution in [0.3, 0.4) is 0 Å². The zero-order chi connectivity index (χ0) is 15.9. The quantitative estimate of drug-likeness (QED) is 0.245. The molecule has 0 aliphatic rings. The Bertz CT molecular complexity index is 474. The molecule has 0 atom stereocenters. The minimum absolute atomic E-state index is 0.238. The van der Waals surface area contributed by atoms with Crippen LogP contribution in [0.5, 0.6) is 0 Å². The van der Waals surface area contributed by atoms with Crippen molar-refractivity contribution < 1.29 is 5.21 Å². The van der Waals surface area contributed by atoms with Gasteiger partial charge in [0, 0.05) is 16.4 Å². The van der Waals surface area contributed by atoms with Crippen LogP contribution in [0.15, 0.2) is 33.9 Å². The predicted molar refractivity (Wildman–Crippen MR) is 91.5 cm³/mol. The van der Waals surface area contributed by atoms with Gasteiger partial charge in [-0.1, -0.05) is 53.5 Å². The van der Waals surface area contributed by atoms with Crippen LogP contribution in [0.1, 0.15) is 38.7 Å². The van der Waals surface area contributed by atoms with Crippen LogP contribution < -0.4 is 5.73 Å². The lowest BCUT2D eigenvalue weighted by Crippen LogP contribution is -2.32. The van der Waals surface area contributed by atoms with Gasteiger partial charge < -0.3 is 15.8 Å². The first kappa shape index (κ1) is 18.0. The van der Waals surface area contributed by atoms with Crippen LogP contribution >= 0.6 is 15.9 Å². The first-order valence-corrected chi connectivity index (χ1v) is 8.05. The van der Waals surface area contributed by atoms with E-state index in [1.807, 2.05) is 19.9 Å². The van der Waals surface area contributed by atoms with Gasteiger partial charge >= 0.3 is 0 Å². The van der Waals surface area contributed by atoms with E-state index in [2.05, 4.69) is 51.2 Å². The summed E-state index contributed by atoms with van der Waals surface area (Å²) >= 11 is 3.50. The molecular formula is C16H26BrN3O. The fourth-order valence-electron chi connectivity index (χ4n) is 2.24. The molecule has 0 saturated heterocycles. The van der Waals surface area contributed by atoms with Crippen molar-refractivity contribution in [1.29, 1.82) is 0 Å². The Hall–Kier alpha value is -1.07. The Morgan fingerprint density at radius 1 is 1.38 bits per heavy atom. The van der Waals surface area contributed by atoms with Crippen molar-refractivity contribution in [3.8, 4) is 0 Å². The van der Waals surface area contributed by atoms with Crippen molar-refractivity contribution in [3.63, 3.8) is 0 Å². The number of oxime groups is 1. The van der Waals surface area contributed by atoms with E-state index in [9.17, 15) is 0 Å². The van der Waals surface area contributed by atoms with E-state index in [-0.39, 0.29) is 5.41 Å². The average molecular weight is 356 g/mol. The molecule has 4 nitrogen and oxygen atoms in total. The molecule has 0 fully saturated rings. The van der Waals surface area contributed by atoms with Gasteiger partial charge in [-0.25, -0.2) is 0 Å². The maximum absolute atomic E-state index is 8.75. The summed E-state index contributed by atoms with van der Waals surface area (Å²) in [5.74, 6) is 0.310. The second-order valence-electron chi connectivity index (χ2n) is 6.19. The molecule has 0 aliphatic carbocycles. The maximum Gasteiger partial charge on any atom is 0.144 e. The minimum atomic E-state index is -0.238. The fraction of sp³-hybridized carbons (Fsp3) is 0.562. The molecule has 1 aromatic carbocycles. The van der Waals surface area contributed by atoms with E-state index in [0.717, 1.165) is 36.8 Å². The molecule has 21 heavy (non-hydrogen) atoms. The fourth-order valence-corrected chi connectivity index (χ4v) is 2.68. The number of halogens is 1. The first-order chi connectivity index (χ1) is 9.85. The molecule has 0 aliphatic heterocycles. The van der Waals surface area contributed by atoms with Crippen LogP contribution in [-0.2, 0) is 6.54 Å². The van der Waals surface area contributed by atoms with E-state index >= 15 is 0 Å². The summed E-state index contributed by atoms with van der Waals surface area (Å²) in [6.45, 7) is 6.00. The lowest BCUT2D eigenvalue weighted by Gasteiger charge is -2.23. The summed E-state index contributed by atoms with van der Waals surface area (Å²) in [6.07, 6.45) is 3.09. The topological polar surface area (TPSA) is 61.8 Å². The van der Waals surface area contributed by atoms with E-state index in [1.165, 1.54) is 5.56 Å². The summed E-state index contributed by atoms with van der Waals surface area (Å²) < 4.78 is 1.12. The Morgan fingerprint density at radius 3 is 2.71 bits per heavy atom. The Labute approximate surface area is 136 Å². The number of hydrogen-bond donors (Lipinski definition) is 2. The molecule has 0 spiro atoms. The van der Waals surface area contributed by atoms with Crippen molar-refractivity contribution in [2.45, 2.75) is 39.7 Å². The Morgan fingerprint density at radius 2 is 2.10 bits per heavy atom. The van der Waals surface area contributed by atoms with E-state index < -0.39 is 0 Å². The van der Waals surface area contributed by atoms with Gasteiger partial charge in [0.2, 0.25) is 0 Å². The number of hydrogen-bond acceptors (Lipinski definition) is 3. The van der Waals surface area contributed by atoms with Crippen molar-refractivity contribution in [2.75, 3.05) is 13.6 Å². The van der Waals surface area contributed by atoms with E-state index in [1.54, 1.807) is 0 Å². The Kier molecular flexibility index (Phi) is 7.18. The van der Waals surface area contributed by atoms with Crippen LogP contribution in [-0.4, -0.2) is 29.5 Å². The van der Waals surface area contributed by atoms with Crippen molar-refractivity contribution in [2.24, 2.45) is 16.3 Å². The van der Waals surface area contributed by atoms with Gasteiger partial charge in [0.25, 0.3) is 0 Å². The number of amidine groups is 1. The second kappa shape index (κ2) is 8.39. The van der Waals surface area contributed by atoms with Crippen LogP contribution in [0.4, 0.5) is 0 Å². The van der Waals surface area contributed by atoms with E-state index in [4.69, 9.17) is 10.9 Å². The van der Waals surface area contributed by atoms with Gasteiger partial charge in [0.05, 0.1) is 0 Å². The zero-order valence-electron chi connectivity index (χ0n) is 13.1. The van der Waals surface area contributed by atoms with E-state index in [0.29, 0.717) is 5.84 Å². The third kappa shape index (κ3) is 6.48. The largest absolute Gasteiger partial charge is 0.409 e. The molecule has 0 bridgehead atoms. The molecule has 1 aromatic rings. The summed E-state index contributed by atoms with van der Waals surface area (Å²) in [5.41, 5.74) is 6.76. The highest BCUT2D eigenvalue weighted by molar-refractivity contribution is 9.10. The average Bonchev–Trinajstić information content (AvgIpc) is 2.42. The molecule has 3 N–H and O–H groups in total. The smallest absolute Gasteiger partial charge is 0.144 e. The Balaban J connectivity index is 2.30. The molecule has 0 amide bonds. The van der Waals surface area contributed by atoms with Gasteiger partial charge in [-0.15, -0.1) is 0 Å². The predicted octanol–water partition coefficient (Wildman–Crippen LogP) is 3.82. The lowest BCUT2D eigenvalue weighted by atomic mass is 9.86. The van der Waals surface area contributed by atoms with Crippen LogP contribution in [0.2, 0.25) is 0 Å². The van der Waals surface area contributed by atoms with Gasteiger partial charge in [0.1, 0.15) is 5.84 Å². The zero-order valence-corrected chi connectivity index (χ0v) is 14.7. The summed E-state index contributed by atoms with van der Waals surface area (Å²) in [7, 11) is 2.13. The highest BCUT2D eigenvalue weighted by Crippen LogP contribution is 2.23. The third-order valence-corrected chi connectivity index (χ3v) is 4.23. The van der Waals surface area contributed by atoms with Crippen LogP contribution in [0.25, 0.3) is 0 Å².